The normalized spacial score (nSPS) is 11.9. The van der Waals surface area contributed by atoms with E-state index in [2.05, 4.69) is 127 Å². The van der Waals surface area contributed by atoms with Gasteiger partial charge >= 0.3 is 0 Å². The lowest BCUT2D eigenvalue weighted by Crippen LogP contribution is -2.37. The first-order valence-electron chi connectivity index (χ1n) is 11.7. The van der Waals surface area contributed by atoms with E-state index in [4.69, 9.17) is 0 Å². The lowest BCUT2D eigenvalue weighted by molar-refractivity contribution is 1.18. The Morgan fingerprint density at radius 2 is 1.44 bits per heavy atom. The number of aromatic nitrogens is 1. The summed E-state index contributed by atoms with van der Waals surface area (Å²) in [4.78, 5) is 0. The van der Waals surface area contributed by atoms with Gasteiger partial charge in [0.15, 0.2) is 7.28 Å². The molecule has 1 aliphatic heterocycles. The number of fused-ring (bicyclic) bond motifs is 5. The molecule has 159 valence electrons. The maximum absolute atomic E-state index is 3.64. The van der Waals surface area contributed by atoms with Crippen LogP contribution < -0.4 is 16.2 Å². The van der Waals surface area contributed by atoms with Crippen molar-refractivity contribution < 1.29 is 0 Å². The Kier molecular flexibility index (Phi) is 4.19. The number of rotatable bonds is 3. The minimum atomic E-state index is 1.09. The van der Waals surface area contributed by atoms with Crippen molar-refractivity contribution in [2.45, 2.75) is 6.92 Å². The van der Waals surface area contributed by atoms with E-state index >= 15 is 0 Å². The average Bonchev–Trinajstić information content (AvgIpc) is 3.22. The van der Waals surface area contributed by atoms with Crippen LogP contribution in [0.2, 0.25) is 0 Å². The number of aryl methyl sites for hydroxylation is 1. The molecule has 0 fully saturated rings. The second-order valence-electron chi connectivity index (χ2n) is 9.02. The molecule has 34 heavy (non-hydrogen) atoms. The van der Waals surface area contributed by atoms with Crippen molar-refractivity contribution in [3.63, 3.8) is 0 Å². The molecule has 0 atom stereocenters. The van der Waals surface area contributed by atoms with E-state index in [0.29, 0.717) is 0 Å². The fourth-order valence-electron chi connectivity index (χ4n) is 5.41. The van der Waals surface area contributed by atoms with E-state index in [9.17, 15) is 0 Å². The molecule has 1 N–H and O–H groups in total. The number of nitrogens with one attached hydrogen (secondary N) is 1. The Balaban J connectivity index is 1.51. The monoisotopic (exact) mass is 433 g/mol. The predicted octanol–water partition coefficient (Wildman–Crippen LogP) is 6.47. The lowest BCUT2D eigenvalue weighted by atomic mass is 9.59. The molecule has 0 bridgehead atoms. The van der Waals surface area contributed by atoms with Crippen LogP contribution in [0.1, 0.15) is 5.56 Å². The van der Waals surface area contributed by atoms with Crippen LogP contribution >= 0.6 is 0 Å². The van der Waals surface area contributed by atoms with Crippen LogP contribution in [0.5, 0.6) is 0 Å². The van der Waals surface area contributed by atoms with Crippen LogP contribution in [0.3, 0.4) is 0 Å². The molecule has 0 aliphatic carbocycles. The lowest BCUT2D eigenvalue weighted by Gasteiger charge is -2.25. The summed E-state index contributed by atoms with van der Waals surface area (Å²) in [5.74, 6) is 0. The van der Waals surface area contributed by atoms with Gasteiger partial charge in [-0.05, 0) is 53.8 Å². The molecule has 1 radical (unpaired) electrons. The van der Waals surface area contributed by atoms with Gasteiger partial charge in [0.05, 0.1) is 5.52 Å². The van der Waals surface area contributed by atoms with Gasteiger partial charge in [-0.1, -0.05) is 84.3 Å². The van der Waals surface area contributed by atoms with Crippen molar-refractivity contribution in [3.8, 4) is 16.8 Å². The summed E-state index contributed by atoms with van der Waals surface area (Å²) in [6.07, 6.45) is 0. The van der Waals surface area contributed by atoms with E-state index < -0.39 is 0 Å². The molecule has 0 spiro atoms. The smallest absolute Gasteiger partial charge is 0.197 e. The third-order valence-electron chi connectivity index (χ3n) is 6.84. The topological polar surface area (TPSA) is 17.0 Å². The van der Waals surface area contributed by atoms with Crippen molar-refractivity contribution in [3.05, 3.63) is 115 Å². The molecule has 0 unspecified atom stereocenters. The molecule has 0 saturated heterocycles. The second kappa shape index (κ2) is 7.39. The highest BCUT2D eigenvalue weighted by atomic mass is 15.0. The van der Waals surface area contributed by atoms with Crippen LogP contribution in [0.4, 0.5) is 11.4 Å². The SMILES string of the molecule is Cc1cc(-c2ccccc2Nc2ccccc2)c2c(c1)-n1c3ccccc3c3cccc(c31)[B]2. The van der Waals surface area contributed by atoms with Gasteiger partial charge in [0, 0.05) is 38.9 Å². The van der Waals surface area contributed by atoms with Crippen LogP contribution in [0.25, 0.3) is 38.6 Å². The van der Waals surface area contributed by atoms with Gasteiger partial charge in [-0.25, -0.2) is 0 Å². The average molecular weight is 433 g/mol. The van der Waals surface area contributed by atoms with E-state index in [1.807, 2.05) is 6.07 Å². The Morgan fingerprint density at radius 1 is 0.676 bits per heavy atom. The summed E-state index contributed by atoms with van der Waals surface area (Å²) in [6, 6.07) is 39.0. The summed E-state index contributed by atoms with van der Waals surface area (Å²) in [7, 11) is 2.37. The van der Waals surface area contributed by atoms with E-state index in [1.54, 1.807) is 0 Å². The zero-order valence-electron chi connectivity index (χ0n) is 18.9. The molecule has 1 aliphatic rings. The first kappa shape index (κ1) is 19.3. The van der Waals surface area contributed by atoms with Crippen LogP contribution in [0, 0.1) is 6.92 Å². The maximum Gasteiger partial charge on any atom is 0.197 e. The molecule has 0 saturated carbocycles. The van der Waals surface area contributed by atoms with Crippen molar-refractivity contribution in [1.29, 1.82) is 0 Å². The second-order valence-corrected chi connectivity index (χ2v) is 9.02. The van der Waals surface area contributed by atoms with Gasteiger partial charge < -0.3 is 9.88 Å². The highest BCUT2D eigenvalue weighted by Gasteiger charge is 2.25. The number of hydrogen-bond acceptors (Lipinski definition) is 1. The summed E-state index contributed by atoms with van der Waals surface area (Å²) in [5, 5.41) is 6.25. The molecule has 1 aromatic heterocycles. The Hall–Kier alpha value is -4.24. The Morgan fingerprint density at radius 3 is 2.35 bits per heavy atom. The molecule has 7 rings (SSSR count). The van der Waals surface area contributed by atoms with Gasteiger partial charge in [-0.15, -0.1) is 0 Å². The minimum absolute atomic E-state index is 1.09. The standard InChI is InChI=1S/C31H22BN2/c1-20-18-25(22-12-5-7-16-27(22)33-21-10-3-2-4-11-21)30-29(19-20)34-28-17-8-6-13-23(28)24-14-9-15-26(32-30)31(24)34/h2-19,33H,1H3. The van der Waals surface area contributed by atoms with Crippen LogP contribution in [0.15, 0.2) is 109 Å². The first-order chi connectivity index (χ1) is 16.8. The Bertz CT molecular complexity index is 1710. The van der Waals surface area contributed by atoms with Crippen LogP contribution in [-0.2, 0) is 0 Å². The van der Waals surface area contributed by atoms with E-state index in [0.717, 1.165) is 11.4 Å². The number of hydrogen-bond donors (Lipinski definition) is 1. The highest BCUT2D eigenvalue weighted by molar-refractivity contribution is 6.73. The van der Waals surface area contributed by atoms with Gasteiger partial charge in [-0.2, -0.15) is 0 Å². The molecule has 2 heterocycles. The van der Waals surface area contributed by atoms with E-state index in [-0.39, 0.29) is 0 Å². The van der Waals surface area contributed by atoms with Crippen molar-refractivity contribution >= 4 is 51.4 Å². The predicted molar refractivity (Wildman–Crippen MR) is 146 cm³/mol. The zero-order valence-corrected chi connectivity index (χ0v) is 18.9. The van der Waals surface area contributed by atoms with Crippen molar-refractivity contribution in [1.82, 2.24) is 4.57 Å². The third kappa shape index (κ3) is 2.83. The third-order valence-corrected chi connectivity index (χ3v) is 6.84. The molecule has 5 aromatic carbocycles. The van der Waals surface area contributed by atoms with Gasteiger partial charge in [0.1, 0.15) is 0 Å². The molecular weight excluding hydrogens is 411 g/mol. The van der Waals surface area contributed by atoms with Gasteiger partial charge in [0.25, 0.3) is 0 Å². The van der Waals surface area contributed by atoms with Crippen LogP contribution in [-0.4, -0.2) is 11.8 Å². The van der Waals surface area contributed by atoms with E-state index in [1.165, 1.54) is 55.1 Å². The largest absolute Gasteiger partial charge is 0.355 e. The molecule has 6 aromatic rings. The minimum Gasteiger partial charge on any atom is -0.355 e. The highest BCUT2D eigenvalue weighted by Crippen LogP contribution is 2.36. The number of nitrogens with zero attached hydrogens (tertiary/aromatic N) is 1. The first-order valence-corrected chi connectivity index (χ1v) is 11.7. The number of anilines is 2. The summed E-state index contributed by atoms with van der Waals surface area (Å²) < 4.78 is 2.46. The Labute approximate surface area is 199 Å². The number of para-hydroxylation sites is 4. The maximum atomic E-state index is 3.64. The summed E-state index contributed by atoms with van der Waals surface area (Å²) in [5.41, 5.74) is 12.2. The fourth-order valence-corrected chi connectivity index (χ4v) is 5.41. The summed E-state index contributed by atoms with van der Waals surface area (Å²) >= 11 is 0. The van der Waals surface area contributed by atoms with Gasteiger partial charge in [-0.3, -0.25) is 0 Å². The molecule has 2 nitrogen and oxygen atoms in total. The summed E-state index contributed by atoms with van der Waals surface area (Å²) in [6.45, 7) is 2.19. The van der Waals surface area contributed by atoms with Crippen molar-refractivity contribution in [2.75, 3.05) is 5.32 Å². The zero-order chi connectivity index (χ0) is 22.6. The number of benzene rings is 5. The molecular formula is C31H22BN2. The molecule has 0 amide bonds. The van der Waals surface area contributed by atoms with Gasteiger partial charge in [0.2, 0.25) is 0 Å². The quantitative estimate of drug-likeness (QED) is 0.316. The fraction of sp³-hybridized carbons (Fsp3) is 0.0323. The van der Waals surface area contributed by atoms with Crippen molar-refractivity contribution in [2.24, 2.45) is 0 Å². The molecule has 3 heteroatoms.